The normalized spacial score (nSPS) is 10.7. The van der Waals surface area contributed by atoms with Crippen molar-refractivity contribution in [2.24, 2.45) is 5.73 Å². The van der Waals surface area contributed by atoms with Gasteiger partial charge in [0.25, 0.3) is 0 Å². The molecule has 18 heavy (non-hydrogen) atoms. The number of imidazole rings is 1. The lowest BCUT2D eigenvalue weighted by molar-refractivity contribution is 0.338. The maximum absolute atomic E-state index is 5.70. The number of nitrogens with one attached hydrogen (secondary N) is 1. The Hall–Kier alpha value is -1.33. The molecule has 0 atom stereocenters. The van der Waals surface area contributed by atoms with Crippen LogP contribution in [-0.2, 0) is 6.54 Å². The first-order valence-electron chi connectivity index (χ1n) is 5.84. The molecular weight excluding hydrogens is 294 g/mol. The molecule has 0 aliphatic carbocycles. The second-order valence-corrected chi connectivity index (χ2v) is 4.72. The van der Waals surface area contributed by atoms with Crippen molar-refractivity contribution in [3.63, 3.8) is 0 Å². The summed E-state index contributed by atoms with van der Waals surface area (Å²) in [6.07, 6.45) is 0. The molecule has 0 amide bonds. The third kappa shape index (κ3) is 2.57. The molecule has 0 saturated carbocycles. The molecule has 2 rings (SSSR count). The van der Waals surface area contributed by atoms with E-state index in [0.29, 0.717) is 17.9 Å². The van der Waals surface area contributed by atoms with Gasteiger partial charge in [0, 0.05) is 12.1 Å². The van der Waals surface area contributed by atoms with E-state index in [0.717, 1.165) is 28.3 Å². The van der Waals surface area contributed by atoms with E-state index >= 15 is 0 Å². The van der Waals surface area contributed by atoms with Gasteiger partial charge in [-0.1, -0.05) is 0 Å². The van der Waals surface area contributed by atoms with Crippen LogP contribution >= 0.6 is 15.9 Å². The molecule has 1 heterocycles. The lowest BCUT2D eigenvalue weighted by Crippen LogP contribution is -1.99. The van der Waals surface area contributed by atoms with Crippen LogP contribution in [0, 0.1) is 6.92 Å². The molecule has 4 nitrogen and oxygen atoms in total. The number of hydrogen-bond donors (Lipinski definition) is 2. The number of nitrogens with zero attached hydrogens (tertiary/aromatic N) is 1. The first-order valence-corrected chi connectivity index (χ1v) is 6.63. The van der Waals surface area contributed by atoms with Gasteiger partial charge in [-0.2, -0.15) is 0 Å². The third-order valence-corrected chi connectivity index (χ3v) is 3.08. The zero-order valence-electron chi connectivity index (χ0n) is 10.5. The Labute approximate surface area is 115 Å². The summed E-state index contributed by atoms with van der Waals surface area (Å²) in [6, 6.07) is 6.03. The average molecular weight is 310 g/mol. The number of benzene rings is 1. The lowest BCUT2D eigenvalue weighted by Gasteiger charge is -2.08. The zero-order valence-corrected chi connectivity index (χ0v) is 12.0. The number of hydrogen-bond acceptors (Lipinski definition) is 3. The maximum Gasteiger partial charge on any atom is 0.175 e. The number of rotatable bonds is 4. The second-order valence-electron chi connectivity index (χ2n) is 3.97. The number of H-pyrrole nitrogens is 1. The van der Waals surface area contributed by atoms with Crippen LogP contribution in [0.15, 0.2) is 22.9 Å². The highest BCUT2D eigenvalue weighted by atomic mass is 79.9. The molecule has 0 fully saturated rings. The molecule has 0 bridgehead atoms. The van der Waals surface area contributed by atoms with E-state index in [1.165, 1.54) is 0 Å². The molecule has 96 valence electrons. The Balaban J connectivity index is 2.41. The highest BCUT2D eigenvalue weighted by Crippen LogP contribution is 2.28. The maximum atomic E-state index is 5.70. The Bertz CT molecular complexity index is 551. The number of nitrogens with two attached hydrogens (primary N) is 1. The van der Waals surface area contributed by atoms with Gasteiger partial charge in [0.2, 0.25) is 0 Å². The summed E-state index contributed by atoms with van der Waals surface area (Å²) in [4.78, 5) is 7.51. The summed E-state index contributed by atoms with van der Waals surface area (Å²) in [5, 5.41) is 0. The number of aryl methyl sites for hydroxylation is 1. The van der Waals surface area contributed by atoms with Crippen molar-refractivity contribution in [2.45, 2.75) is 20.4 Å². The number of ether oxygens (including phenoxy) is 1. The SMILES string of the molecule is CCOc1ccc(-c2nc(Br)[nH]c2CN)cc1C. The van der Waals surface area contributed by atoms with Gasteiger partial charge in [0.1, 0.15) is 5.75 Å². The standard InChI is InChI=1S/C13H16BrN3O/c1-3-18-11-5-4-9(6-8(11)2)12-10(7-15)16-13(14)17-12/h4-6H,3,7,15H2,1-2H3,(H,16,17). The van der Waals surface area contributed by atoms with Crippen molar-refractivity contribution in [3.8, 4) is 17.0 Å². The minimum absolute atomic E-state index is 0.431. The van der Waals surface area contributed by atoms with E-state index in [1.807, 2.05) is 26.0 Å². The van der Waals surface area contributed by atoms with Crippen LogP contribution in [0.4, 0.5) is 0 Å². The van der Waals surface area contributed by atoms with Crippen LogP contribution in [0.25, 0.3) is 11.3 Å². The van der Waals surface area contributed by atoms with Crippen molar-refractivity contribution >= 4 is 15.9 Å². The summed E-state index contributed by atoms with van der Waals surface area (Å²) < 4.78 is 6.23. The topological polar surface area (TPSA) is 63.9 Å². The van der Waals surface area contributed by atoms with Gasteiger partial charge in [0.15, 0.2) is 4.73 Å². The van der Waals surface area contributed by atoms with E-state index in [4.69, 9.17) is 10.5 Å². The van der Waals surface area contributed by atoms with Gasteiger partial charge < -0.3 is 15.5 Å². The van der Waals surface area contributed by atoms with E-state index in [1.54, 1.807) is 0 Å². The Morgan fingerprint density at radius 2 is 2.22 bits per heavy atom. The van der Waals surface area contributed by atoms with Crippen molar-refractivity contribution < 1.29 is 4.74 Å². The number of aromatic amines is 1. The Morgan fingerprint density at radius 3 is 2.83 bits per heavy atom. The van der Waals surface area contributed by atoms with E-state index in [-0.39, 0.29) is 0 Å². The first-order chi connectivity index (χ1) is 8.65. The highest BCUT2D eigenvalue weighted by Gasteiger charge is 2.11. The van der Waals surface area contributed by atoms with Crippen LogP contribution in [0.2, 0.25) is 0 Å². The quantitative estimate of drug-likeness (QED) is 0.912. The van der Waals surface area contributed by atoms with Gasteiger partial charge in [-0.25, -0.2) is 4.98 Å². The summed E-state index contributed by atoms with van der Waals surface area (Å²) in [5.74, 6) is 0.908. The lowest BCUT2D eigenvalue weighted by atomic mass is 10.1. The first kappa shape index (κ1) is 13.1. The molecule has 0 radical (unpaired) electrons. The zero-order chi connectivity index (χ0) is 13.1. The number of halogens is 1. The van der Waals surface area contributed by atoms with Crippen molar-refractivity contribution in [3.05, 3.63) is 34.2 Å². The summed E-state index contributed by atoms with van der Waals surface area (Å²) >= 11 is 3.33. The fourth-order valence-electron chi connectivity index (χ4n) is 1.88. The van der Waals surface area contributed by atoms with Gasteiger partial charge in [-0.15, -0.1) is 0 Å². The fourth-order valence-corrected chi connectivity index (χ4v) is 2.29. The van der Waals surface area contributed by atoms with Crippen LogP contribution in [0.3, 0.4) is 0 Å². The summed E-state index contributed by atoms with van der Waals surface area (Å²) in [5.41, 5.74) is 9.64. The molecule has 0 spiro atoms. The minimum Gasteiger partial charge on any atom is -0.494 e. The molecular formula is C13H16BrN3O. The molecule has 1 aromatic heterocycles. The highest BCUT2D eigenvalue weighted by molar-refractivity contribution is 9.10. The second kappa shape index (κ2) is 5.54. The van der Waals surface area contributed by atoms with Crippen molar-refractivity contribution in [2.75, 3.05) is 6.61 Å². The minimum atomic E-state index is 0.431. The van der Waals surface area contributed by atoms with Crippen molar-refractivity contribution in [1.29, 1.82) is 0 Å². The van der Waals surface area contributed by atoms with Crippen LogP contribution in [0.5, 0.6) is 5.75 Å². The molecule has 1 aromatic carbocycles. The predicted octanol–water partition coefficient (Wildman–Crippen LogP) is 3.01. The van der Waals surface area contributed by atoms with Crippen LogP contribution in [0.1, 0.15) is 18.2 Å². The van der Waals surface area contributed by atoms with Crippen LogP contribution < -0.4 is 10.5 Å². The molecule has 0 aliphatic rings. The summed E-state index contributed by atoms with van der Waals surface area (Å²) in [7, 11) is 0. The van der Waals surface area contributed by atoms with Gasteiger partial charge >= 0.3 is 0 Å². The van der Waals surface area contributed by atoms with E-state index in [2.05, 4.69) is 32.0 Å². The van der Waals surface area contributed by atoms with Crippen LogP contribution in [-0.4, -0.2) is 16.6 Å². The fraction of sp³-hybridized carbons (Fsp3) is 0.308. The van der Waals surface area contributed by atoms with Gasteiger partial charge in [-0.05, 0) is 53.5 Å². The molecule has 0 unspecified atom stereocenters. The summed E-state index contributed by atoms with van der Waals surface area (Å²) in [6.45, 7) is 5.10. The molecule has 2 aromatic rings. The molecule has 0 aliphatic heterocycles. The predicted molar refractivity (Wildman–Crippen MR) is 75.5 cm³/mol. The molecule has 3 N–H and O–H groups in total. The van der Waals surface area contributed by atoms with E-state index in [9.17, 15) is 0 Å². The Kier molecular flexibility index (Phi) is 4.04. The molecule has 0 saturated heterocycles. The monoisotopic (exact) mass is 309 g/mol. The Morgan fingerprint density at radius 1 is 1.44 bits per heavy atom. The van der Waals surface area contributed by atoms with Crippen molar-refractivity contribution in [1.82, 2.24) is 9.97 Å². The molecule has 5 heteroatoms. The van der Waals surface area contributed by atoms with Gasteiger partial charge in [-0.3, -0.25) is 0 Å². The van der Waals surface area contributed by atoms with Gasteiger partial charge in [0.05, 0.1) is 18.0 Å². The van der Waals surface area contributed by atoms with E-state index < -0.39 is 0 Å². The average Bonchev–Trinajstić information content (AvgIpc) is 2.73. The smallest absolute Gasteiger partial charge is 0.175 e. The number of aromatic nitrogens is 2. The largest absolute Gasteiger partial charge is 0.494 e. The third-order valence-electron chi connectivity index (χ3n) is 2.70.